The van der Waals surface area contributed by atoms with Gasteiger partial charge >= 0.3 is 5.97 Å². The second-order valence-electron chi connectivity index (χ2n) is 9.16. The maximum atomic E-state index is 13.1. The maximum Gasteiger partial charge on any atom is 0.328 e. The van der Waals surface area contributed by atoms with E-state index in [9.17, 15) is 29.4 Å². The molecule has 208 valence electrons. The molecule has 0 bridgehead atoms. The number of nitrogens with one attached hydrogen (secondary N) is 3. The number of aliphatic carboxylic acids is 1. The zero-order chi connectivity index (χ0) is 27.8. The van der Waals surface area contributed by atoms with Crippen molar-refractivity contribution in [2.45, 2.75) is 89.6 Å². The Morgan fingerprint density at radius 1 is 0.861 bits per heavy atom. The SMILES string of the molecule is CC(C)CC(NC(=O)C(CCCN=C(N)N)NC(=O)C(N)CCCCN)C(=O)NC(C(=O)O)C(C)O. The summed E-state index contributed by atoms with van der Waals surface area (Å²) >= 11 is 0. The van der Waals surface area contributed by atoms with Gasteiger partial charge in [-0.1, -0.05) is 20.3 Å². The smallest absolute Gasteiger partial charge is 0.328 e. The number of carboxylic acid groups (broad SMARTS) is 1. The molecule has 0 radical (unpaired) electrons. The fourth-order valence-electron chi connectivity index (χ4n) is 3.31. The third-order valence-corrected chi connectivity index (χ3v) is 5.27. The number of carbonyl (C=O) groups is 4. The van der Waals surface area contributed by atoms with E-state index in [1.807, 2.05) is 13.8 Å². The van der Waals surface area contributed by atoms with E-state index in [2.05, 4.69) is 20.9 Å². The van der Waals surface area contributed by atoms with Crippen LogP contribution in [0.4, 0.5) is 0 Å². The van der Waals surface area contributed by atoms with Crippen LogP contribution in [0.1, 0.15) is 59.3 Å². The number of carboxylic acids is 1. The lowest BCUT2D eigenvalue weighted by atomic mass is 10.0. The molecular weight excluding hydrogens is 472 g/mol. The summed E-state index contributed by atoms with van der Waals surface area (Å²) in [5, 5.41) is 26.4. The van der Waals surface area contributed by atoms with Crippen molar-refractivity contribution in [3.8, 4) is 0 Å². The Balaban J connectivity index is 5.55. The number of rotatable bonds is 18. The lowest BCUT2D eigenvalue weighted by Gasteiger charge is -2.26. The summed E-state index contributed by atoms with van der Waals surface area (Å²) in [4.78, 5) is 53.8. The molecule has 0 spiro atoms. The van der Waals surface area contributed by atoms with E-state index in [1.54, 1.807) is 0 Å². The van der Waals surface area contributed by atoms with Crippen molar-refractivity contribution in [1.82, 2.24) is 16.0 Å². The molecule has 14 nitrogen and oxygen atoms in total. The Hall–Kier alpha value is -2.97. The number of hydrogen-bond acceptors (Lipinski definition) is 8. The monoisotopic (exact) mass is 516 g/mol. The molecule has 0 aromatic rings. The molecule has 14 heteroatoms. The minimum Gasteiger partial charge on any atom is -0.480 e. The zero-order valence-electron chi connectivity index (χ0n) is 21.4. The Labute approximate surface area is 212 Å². The van der Waals surface area contributed by atoms with Gasteiger partial charge in [-0.3, -0.25) is 19.4 Å². The van der Waals surface area contributed by atoms with Gasteiger partial charge in [0.05, 0.1) is 12.1 Å². The predicted octanol–water partition coefficient (Wildman–Crippen LogP) is -2.54. The number of carbonyl (C=O) groups excluding carboxylic acids is 3. The Bertz CT molecular complexity index is 742. The Kier molecular flexibility index (Phi) is 16.0. The Morgan fingerprint density at radius 2 is 1.44 bits per heavy atom. The molecule has 0 aliphatic heterocycles. The molecule has 5 atom stereocenters. The van der Waals surface area contributed by atoms with Crippen molar-refractivity contribution >= 4 is 29.7 Å². The van der Waals surface area contributed by atoms with Crippen LogP contribution in [0.5, 0.6) is 0 Å². The summed E-state index contributed by atoms with van der Waals surface area (Å²) < 4.78 is 0. The number of guanidine groups is 1. The van der Waals surface area contributed by atoms with Gasteiger partial charge in [0, 0.05) is 6.54 Å². The topological polar surface area (TPSA) is 261 Å². The fourth-order valence-corrected chi connectivity index (χ4v) is 3.31. The second kappa shape index (κ2) is 17.5. The summed E-state index contributed by atoms with van der Waals surface area (Å²) in [6.45, 7) is 5.57. The third kappa shape index (κ3) is 13.8. The van der Waals surface area contributed by atoms with Crippen LogP contribution < -0.4 is 38.9 Å². The molecule has 0 aliphatic carbocycles. The van der Waals surface area contributed by atoms with Crippen LogP contribution in [-0.2, 0) is 19.2 Å². The fraction of sp³-hybridized carbons (Fsp3) is 0.773. The van der Waals surface area contributed by atoms with Gasteiger partial charge < -0.3 is 49.1 Å². The van der Waals surface area contributed by atoms with E-state index in [1.165, 1.54) is 6.92 Å². The van der Waals surface area contributed by atoms with Crippen LogP contribution in [0, 0.1) is 5.92 Å². The number of aliphatic hydroxyl groups excluding tert-OH is 1. The first kappa shape index (κ1) is 33.0. The number of nitrogens with two attached hydrogens (primary N) is 4. The van der Waals surface area contributed by atoms with Gasteiger partial charge in [0.25, 0.3) is 0 Å². The predicted molar refractivity (Wildman–Crippen MR) is 135 cm³/mol. The summed E-state index contributed by atoms with van der Waals surface area (Å²) in [6.07, 6.45) is 1.09. The van der Waals surface area contributed by atoms with Gasteiger partial charge in [-0.25, -0.2) is 4.79 Å². The molecule has 36 heavy (non-hydrogen) atoms. The van der Waals surface area contributed by atoms with Crippen molar-refractivity contribution < 1.29 is 29.4 Å². The van der Waals surface area contributed by atoms with Crippen molar-refractivity contribution in [2.75, 3.05) is 13.1 Å². The first-order chi connectivity index (χ1) is 16.8. The standard InChI is InChI=1S/C22H44N8O6/c1-12(2)11-16(20(34)30-17(13(3)31)21(35)36)29-19(33)15(8-6-10-27-22(25)26)28-18(32)14(24)7-4-5-9-23/h12-17,31H,4-11,23-24H2,1-3H3,(H,28,32)(H,29,33)(H,30,34)(H,35,36)(H4,25,26,27). The average Bonchev–Trinajstić information content (AvgIpc) is 2.77. The van der Waals surface area contributed by atoms with Crippen LogP contribution in [0.2, 0.25) is 0 Å². The maximum absolute atomic E-state index is 13.1. The lowest BCUT2D eigenvalue weighted by Crippen LogP contribution is -2.58. The number of amides is 3. The number of aliphatic imine (C=N–C) groups is 1. The zero-order valence-corrected chi connectivity index (χ0v) is 21.4. The second-order valence-corrected chi connectivity index (χ2v) is 9.16. The average molecular weight is 517 g/mol. The molecule has 0 heterocycles. The van der Waals surface area contributed by atoms with Crippen LogP contribution >= 0.6 is 0 Å². The highest BCUT2D eigenvalue weighted by Crippen LogP contribution is 2.09. The molecule has 3 amide bonds. The minimum atomic E-state index is -1.55. The van der Waals surface area contributed by atoms with Gasteiger partial charge in [-0.15, -0.1) is 0 Å². The molecular formula is C22H44N8O6. The van der Waals surface area contributed by atoms with Crippen molar-refractivity contribution in [1.29, 1.82) is 0 Å². The summed E-state index contributed by atoms with van der Waals surface area (Å²) in [5.74, 6) is -3.51. The minimum absolute atomic E-state index is 0.0400. The molecule has 0 saturated carbocycles. The van der Waals surface area contributed by atoms with Gasteiger partial charge in [-0.05, 0) is 51.5 Å². The quantitative estimate of drug-likeness (QED) is 0.0523. The van der Waals surface area contributed by atoms with Crippen molar-refractivity contribution in [3.05, 3.63) is 0 Å². The molecule has 0 aromatic carbocycles. The molecule has 0 rings (SSSR count). The van der Waals surface area contributed by atoms with Gasteiger partial charge in [0.1, 0.15) is 12.1 Å². The van der Waals surface area contributed by atoms with Gasteiger partial charge in [0.2, 0.25) is 17.7 Å². The molecule has 0 aliphatic rings. The van der Waals surface area contributed by atoms with E-state index in [-0.39, 0.29) is 31.3 Å². The van der Waals surface area contributed by atoms with Crippen LogP contribution in [0.25, 0.3) is 0 Å². The van der Waals surface area contributed by atoms with E-state index < -0.39 is 54.0 Å². The summed E-state index contributed by atoms with van der Waals surface area (Å²) in [6, 6.07) is -4.54. The summed E-state index contributed by atoms with van der Waals surface area (Å²) in [7, 11) is 0. The highest BCUT2D eigenvalue weighted by atomic mass is 16.4. The first-order valence-electron chi connectivity index (χ1n) is 12.1. The van der Waals surface area contributed by atoms with Crippen LogP contribution in [0.3, 0.4) is 0 Å². The van der Waals surface area contributed by atoms with E-state index in [0.717, 1.165) is 0 Å². The Morgan fingerprint density at radius 3 is 1.94 bits per heavy atom. The molecule has 0 aromatic heterocycles. The number of unbranched alkanes of at least 4 members (excludes halogenated alkanes) is 1. The number of nitrogens with zero attached hydrogens (tertiary/aromatic N) is 1. The normalized spacial score (nSPS) is 15.2. The highest BCUT2D eigenvalue weighted by molar-refractivity contribution is 5.94. The number of hydrogen-bond donors (Lipinski definition) is 9. The van der Waals surface area contributed by atoms with E-state index in [4.69, 9.17) is 22.9 Å². The molecule has 0 fully saturated rings. The van der Waals surface area contributed by atoms with Crippen LogP contribution in [0.15, 0.2) is 4.99 Å². The molecule has 5 unspecified atom stereocenters. The third-order valence-electron chi connectivity index (χ3n) is 5.27. The largest absolute Gasteiger partial charge is 0.480 e. The molecule has 13 N–H and O–H groups in total. The van der Waals surface area contributed by atoms with Crippen molar-refractivity contribution in [3.63, 3.8) is 0 Å². The van der Waals surface area contributed by atoms with Gasteiger partial charge in [-0.2, -0.15) is 0 Å². The summed E-state index contributed by atoms with van der Waals surface area (Å²) in [5.41, 5.74) is 22.1. The van der Waals surface area contributed by atoms with Crippen LogP contribution in [-0.4, -0.2) is 83.2 Å². The highest BCUT2D eigenvalue weighted by Gasteiger charge is 2.32. The van der Waals surface area contributed by atoms with Crippen molar-refractivity contribution in [2.24, 2.45) is 33.8 Å². The molecule has 0 saturated heterocycles. The van der Waals surface area contributed by atoms with Gasteiger partial charge in [0.15, 0.2) is 12.0 Å². The number of aliphatic hydroxyl groups is 1. The van der Waals surface area contributed by atoms with E-state index in [0.29, 0.717) is 32.2 Å². The lowest BCUT2D eigenvalue weighted by molar-refractivity contribution is -0.145. The van der Waals surface area contributed by atoms with E-state index >= 15 is 0 Å². The first-order valence-corrected chi connectivity index (χ1v) is 12.1.